The maximum Gasteiger partial charge on any atom is 0.115 e. The van der Waals surface area contributed by atoms with Crippen LogP contribution in [-0.2, 0) is 0 Å². The average molecular weight is 275 g/mol. The van der Waals surface area contributed by atoms with Gasteiger partial charge in [-0.3, -0.25) is 0 Å². The summed E-state index contributed by atoms with van der Waals surface area (Å²) in [6, 6.07) is 7.24. The Morgan fingerprint density at radius 1 is 1.40 bits per heavy atom. The van der Waals surface area contributed by atoms with E-state index in [1.54, 1.807) is 18.2 Å². The molecule has 3 heteroatoms. The van der Waals surface area contributed by atoms with Crippen LogP contribution < -0.4 is 0 Å². The molecule has 3 nitrogen and oxygen atoms in total. The molecule has 1 aromatic carbocycles. The summed E-state index contributed by atoms with van der Waals surface area (Å²) in [4.78, 5) is 2.12. The van der Waals surface area contributed by atoms with Crippen molar-refractivity contribution in [3.05, 3.63) is 42.5 Å². The topological polar surface area (TPSA) is 43.7 Å². The van der Waals surface area contributed by atoms with Gasteiger partial charge in [-0.2, -0.15) is 0 Å². The second kappa shape index (κ2) is 5.98. The van der Waals surface area contributed by atoms with Crippen LogP contribution in [0.1, 0.15) is 30.7 Å². The molecule has 0 heterocycles. The SMILES string of the molecule is C=CC1(O)C(CN(C)C)CCCC1c1cccc(O)c1. The summed E-state index contributed by atoms with van der Waals surface area (Å²) in [5.41, 5.74) is 0.0897. The first-order valence-corrected chi connectivity index (χ1v) is 7.27. The molecule has 3 atom stereocenters. The number of phenolic OH excluding ortho intramolecular Hbond substituents is 1. The van der Waals surface area contributed by atoms with Gasteiger partial charge in [-0.1, -0.05) is 24.6 Å². The molecule has 0 spiro atoms. The lowest BCUT2D eigenvalue weighted by atomic mass is 9.65. The first-order valence-electron chi connectivity index (χ1n) is 7.27. The lowest BCUT2D eigenvalue weighted by molar-refractivity contribution is -0.0328. The highest BCUT2D eigenvalue weighted by molar-refractivity contribution is 5.33. The molecule has 0 aromatic heterocycles. The molecular weight excluding hydrogens is 250 g/mol. The lowest BCUT2D eigenvalue weighted by Gasteiger charge is -2.45. The summed E-state index contributed by atoms with van der Waals surface area (Å²) in [6.07, 6.45) is 4.73. The molecule has 2 rings (SSSR count). The number of aliphatic hydroxyl groups is 1. The van der Waals surface area contributed by atoms with Crippen molar-refractivity contribution in [1.29, 1.82) is 0 Å². The van der Waals surface area contributed by atoms with E-state index in [0.717, 1.165) is 31.4 Å². The zero-order valence-electron chi connectivity index (χ0n) is 12.4. The van der Waals surface area contributed by atoms with E-state index in [0.29, 0.717) is 0 Å². The fourth-order valence-corrected chi connectivity index (χ4v) is 3.48. The molecule has 2 N–H and O–H groups in total. The summed E-state index contributed by atoms with van der Waals surface area (Å²) in [6.45, 7) is 4.73. The predicted molar refractivity (Wildman–Crippen MR) is 81.9 cm³/mol. The molecule has 0 amide bonds. The minimum atomic E-state index is -0.906. The standard InChI is InChI=1S/C17H25NO2/c1-4-17(20)14(12-18(2)3)8-6-10-16(17)13-7-5-9-15(19)11-13/h4-5,7,9,11,14,16,19-20H,1,6,8,10,12H2,2-3H3. The number of aromatic hydroxyl groups is 1. The minimum absolute atomic E-state index is 0.00537. The van der Waals surface area contributed by atoms with Crippen molar-refractivity contribution in [2.24, 2.45) is 5.92 Å². The van der Waals surface area contributed by atoms with Crippen molar-refractivity contribution in [3.63, 3.8) is 0 Å². The molecule has 0 aliphatic heterocycles. The zero-order chi connectivity index (χ0) is 14.8. The molecule has 1 aliphatic rings. The quantitative estimate of drug-likeness (QED) is 0.830. The molecule has 1 aliphatic carbocycles. The molecule has 0 saturated heterocycles. The van der Waals surface area contributed by atoms with Crippen LogP contribution in [0.3, 0.4) is 0 Å². The first kappa shape index (κ1) is 15.1. The Kier molecular flexibility index (Phi) is 4.51. The van der Waals surface area contributed by atoms with E-state index in [1.807, 2.05) is 26.2 Å². The number of hydrogen-bond acceptors (Lipinski definition) is 3. The Balaban J connectivity index is 2.33. The summed E-state index contributed by atoms with van der Waals surface area (Å²) in [7, 11) is 4.06. The van der Waals surface area contributed by atoms with Gasteiger partial charge in [0, 0.05) is 18.4 Å². The first-order chi connectivity index (χ1) is 9.47. The van der Waals surface area contributed by atoms with Crippen molar-refractivity contribution < 1.29 is 10.2 Å². The number of phenols is 1. The lowest BCUT2D eigenvalue weighted by Crippen LogP contribution is -2.48. The van der Waals surface area contributed by atoms with Crippen LogP contribution in [0.5, 0.6) is 5.75 Å². The summed E-state index contributed by atoms with van der Waals surface area (Å²) >= 11 is 0. The van der Waals surface area contributed by atoms with Gasteiger partial charge in [0.05, 0.1) is 5.60 Å². The van der Waals surface area contributed by atoms with E-state index in [9.17, 15) is 10.2 Å². The van der Waals surface area contributed by atoms with E-state index < -0.39 is 5.60 Å². The predicted octanol–water partition coefficient (Wildman–Crippen LogP) is 2.75. The van der Waals surface area contributed by atoms with Gasteiger partial charge in [-0.15, -0.1) is 6.58 Å². The van der Waals surface area contributed by atoms with E-state index in [-0.39, 0.29) is 17.6 Å². The van der Waals surface area contributed by atoms with Crippen LogP contribution in [0.2, 0.25) is 0 Å². The minimum Gasteiger partial charge on any atom is -0.508 e. The number of benzene rings is 1. The molecule has 1 saturated carbocycles. The Hall–Kier alpha value is -1.32. The van der Waals surface area contributed by atoms with Gasteiger partial charge in [0.1, 0.15) is 5.75 Å². The van der Waals surface area contributed by atoms with Crippen molar-refractivity contribution >= 4 is 0 Å². The highest BCUT2D eigenvalue weighted by Gasteiger charge is 2.44. The highest BCUT2D eigenvalue weighted by Crippen LogP contribution is 2.45. The van der Waals surface area contributed by atoms with Crippen molar-refractivity contribution in [2.45, 2.75) is 30.8 Å². The average Bonchev–Trinajstić information content (AvgIpc) is 2.40. The molecule has 0 radical (unpaired) electrons. The Morgan fingerprint density at radius 2 is 2.15 bits per heavy atom. The summed E-state index contributed by atoms with van der Waals surface area (Å²) in [5, 5.41) is 20.8. The van der Waals surface area contributed by atoms with E-state index >= 15 is 0 Å². The molecule has 1 aromatic rings. The molecule has 0 bridgehead atoms. The van der Waals surface area contributed by atoms with E-state index in [4.69, 9.17) is 0 Å². The van der Waals surface area contributed by atoms with Crippen LogP contribution >= 0.6 is 0 Å². The van der Waals surface area contributed by atoms with Gasteiger partial charge >= 0.3 is 0 Å². The van der Waals surface area contributed by atoms with Crippen LogP contribution in [-0.4, -0.2) is 41.4 Å². The van der Waals surface area contributed by atoms with E-state index in [2.05, 4.69) is 11.5 Å². The van der Waals surface area contributed by atoms with Crippen molar-refractivity contribution in [1.82, 2.24) is 4.90 Å². The summed E-state index contributed by atoms with van der Waals surface area (Å²) in [5.74, 6) is 0.436. The summed E-state index contributed by atoms with van der Waals surface area (Å²) < 4.78 is 0. The maximum atomic E-state index is 11.2. The fraction of sp³-hybridized carbons (Fsp3) is 0.529. The van der Waals surface area contributed by atoms with Crippen molar-refractivity contribution in [2.75, 3.05) is 20.6 Å². The molecule has 3 unspecified atom stereocenters. The molecule has 110 valence electrons. The van der Waals surface area contributed by atoms with Gasteiger partial charge in [-0.05, 0) is 44.6 Å². The van der Waals surface area contributed by atoms with Gasteiger partial charge in [0.15, 0.2) is 0 Å². The Morgan fingerprint density at radius 3 is 2.75 bits per heavy atom. The molecular formula is C17H25NO2. The maximum absolute atomic E-state index is 11.2. The molecule has 20 heavy (non-hydrogen) atoms. The largest absolute Gasteiger partial charge is 0.508 e. The van der Waals surface area contributed by atoms with E-state index in [1.165, 1.54) is 0 Å². The fourth-order valence-electron chi connectivity index (χ4n) is 3.48. The van der Waals surface area contributed by atoms with Gasteiger partial charge in [-0.25, -0.2) is 0 Å². The van der Waals surface area contributed by atoms with Crippen LogP contribution in [0.15, 0.2) is 36.9 Å². The number of hydrogen-bond donors (Lipinski definition) is 2. The van der Waals surface area contributed by atoms with Gasteiger partial charge < -0.3 is 15.1 Å². The highest BCUT2D eigenvalue weighted by atomic mass is 16.3. The van der Waals surface area contributed by atoms with Crippen molar-refractivity contribution in [3.8, 4) is 5.75 Å². The second-order valence-electron chi connectivity index (χ2n) is 6.13. The molecule has 1 fully saturated rings. The van der Waals surface area contributed by atoms with Gasteiger partial charge in [0.25, 0.3) is 0 Å². The van der Waals surface area contributed by atoms with Crippen LogP contribution in [0, 0.1) is 5.92 Å². The monoisotopic (exact) mass is 275 g/mol. The Bertz CT molecular complexity index is 472. The Labute approximate surface area is 121 Å². The third-order valence-electron chi connectivity index (χ3n) is 4.44. The third-order valence-corrected chi connectivity index (χ3v) is 4.44. The normalized spacial score (nSPS) is 30.4. The van der Waals surface area contributed by atoms with Crippen LogP contribution in [0.4, 0.5) is 0 Å². The number of nitrogens with zero attached hydrogens (tertiary/aromatic N) is 1. The van der Waals surface area contributed by atoms with Crippen LogP contribution in [0.25, 0.3) is 0 Å². The second-order valence-corrected chi connectivity index (χ2v) is 6.13. The smallest absolute Gasteiger partial charge is 0.115 e. The number of rotatable bonds is 4. The third kappa shape index (κ3) is 2.89. The zero-order valence-corrected chi connectivity index (χ0v) is 12.4. The van der Waals surface area contributed by atoms with Gasteiger partial charge in [0.2, 0.25) is 0 Å².